The fraction of sp³-hybridized carbons (Fsp3) is 0.684. The molecule has 1 aromatic rings. The van der Waals surface area contributed by atoms with Crippen molar-refractivity contribution in [2.75, 3.05) is 6.54 Å². The second-order valence-electron chi connectivity index (χ2n) is 6.96. The van der Waals surface area contributed by atoms with Crippen molar-refractivity contribution < 1.29 is 4.39 Å². The molecule has 1 aliphatic rings. The molecule has 1 unspecified atom stereocenters. The van der Waals surface area contributed by atoms with Gasteiger partial charge in [-0.15, -0.1) is 0 Å². The number of benzene rings is 1. The normalized spacial score (nSPS) is 24.3. The zero-order chi connectivity index (χ0) is 15.4. The van der Waals surface area contributed by atoms with Gasteiger partial charge in [0.25, 0.3) is 0 Å². The molecule has 1 saturated carbocycles. The van der Waals surface area contributed by atoms with Crippen LogP contribution in [0, 0.1) is 30.5 Å². The zero-order valence-corrected chi connectivity index (χ0v) is 14.0. The van der Waals surface area contributed by atoms with Crippen molar-refractivity contribution in [2.45, 2.75) is 59.4 Å². The quantitative estimate of drug-likeness (QED) is 0.781. The van der Waals surface area contributed by atoms with Gasteiger partial charge in [0, 0.05) is 6.04 Å². The smallest absolute Gasteiger partial charge is 0.126 e. The second-order valence-corrected chi connectivity index (χ2v) is 6.96. The Morgan fingerprint density at radius 3 is 2.29 bits per heavy atom. The summed E-state index contributed by atoms with van der Waals surface area (Å²) in [5, 5.41) is 3.59. The van der Waals surface area contributed by atoms with Crippen molar-refractivity contribution in [1.29, 1.82) is 0 Å². The SMILES string of the molecule is CCNC(c1ccc(C)c(F)c1)C1CCC(C(C)C)CC1. The summed E-state index contributed by atoms with van der Waals surface area (Å²) in [6.45, 7) is 9.57. The second kappa shape index (κ2) is 7.40. The average molecular weight is 291 g/mol. The zero-order valence-electron chi connectivity index (χ0n) is 14.0. The van der Waals surface area contributed by atoms with Gasteiger partial charge in [-0.25, -0.2) is 4.39 Å². The van der Waals surface area contributed by atoms with Crippen LogP contribution in [-0.2, 0) is 0 Å². The summed E-state index contributed by atoms with van der Waals surface area (Å²) in [6.07, 6.45) is 5.16. The van der Waals surface area contributed by atoms with Gasteiger partial charge in [0.05, 0.1) is 0 Å². The lowest BCUT2D eigenvalue weighted by atomic mass is 9.73. The van der Waals surface area contributed by atoms with Crippen LogP contribution >= 0.6 is 0 Å². The van der Waals surface area contributed by atoms with E-state index in [1.165, 1.54) is 25.7 Å². The highest BCUT2D eigenvalue weighted by Crippen LogP contribution is 2.39. The molecule has 0 bridgehead atoms. The van der Waals surface area contributed by atoms with Gasteiger partial charge in [-0.3, -0.25) is 0 Å². The van der Waals surface area contributed by atoms with Gasteiger partial charge in [0.1, 0.15) is 5.82 Å². The summed E-state index contributed by atoms with van der Waals surface area (Å²) < 4.78 is 13.9. The maximum atomic E-state index is 13.9. The fourth-order valence-corrected chi connectivity index (χ4v) is 3.72. The summed E-state index contributed by atoms with van der Waals surface area (Å²) in [7, 11) is 0. The first-order valence-corrected chi connectivity index (χ1v) is 8.52. The maximum Gasteiger partial charge on any atom is 0.126 e. The molecule has 0 spiro atoms. The van der Waals surface area contributed by atoms with Crippen LogP contribution in [0.2, 0.25) is 0 Å². The summed E-state index contributed by atoms with van der Waals surface area (Å²) in [6, 6.07) is 6.05. The minimum atomic E-state index is -0.0775. The number of aryl methyl sites for hydroxylation is 1. The summed E-state index contributed by atoms with van der Waals surface area (Å²) in [4.78, 5) is 0. The fourth-order valence-electron chi connectivity index (χ4n) is 3.72. The van der Waals surface area contributed by atoms with Gasteiger partial charge in [-0.2, -0.15) is 0 Å². The third-order valence-electron chi connectivity index (χ3n) is 5.21. The molecule has 2 heteroatoms. The van der Waals surface area contributed by atoms with Gasteiger partial charge in [0.15, 0.2) is 0 Å². The largest absolute Gasteiger partial charge is 0.310 e. The van der Waals surface area contributed by atoms with Crippen LogP contribution in [0.4, 0.5) is 4.39 Å². The number of rotatable bonds is 5. The molecule has 1 nitrogen and oxygen atoms in total. The van der Waals surface area contributed by atoms with E-state index < -0.39 is 0 Å². The van der Waals surface area contributed by atoms with E-state index in [0.29, 0.717) is 12.0 Å². The predicted molar refractivity (Wildman–Crippen MR) is 87.8 cm³/mol. The molecule has 118 valence electrons. The maximum absolute atomic E-state index is 13.9. The van der Waals surface area contributed by atoms with Crippen LogP contribution in [0.1, 0.15) is 63.6 Å². The van der Waals surface area contributed by atoms with Crippen LogP contribution < -0.4 is 5.32 Å². The number of hydrogen-bond donors (Lipinski definition) is 1. The monoisotopic (exact) mass is 291 g/mol. The molecule has 1 atom stereocenters. The van der Waals surface area contributed by atoms with Gasteiger partial charge < -0.3 is 5.32 Å². The molecule has 0 amide bonds. The predicted octanol–water partition coefficient (Wildman–Crippen LogP) is 5.25. The molecular formula is C19H30FN. The lowest BCUT2D eigenvalue weighted by Crippen LogP contribution is -2.32. The van der Waals surface area contributed by atoms with Crippen molar-refractivity contribution >= 4 is 0 Å². The summed E-state index contributed by atoms with van der Waals surface area (Å²) in [5.41, 5.74) is 1.85. The molecule has 0 aromatic heterocycles. The first-order valence-electron chi connectivity index (χ1n) is 8.52. The summed E-state index contributed by atoms with van der Waals surface area (Å²) in [5.74, 6) is 2.23. The van der Waals surface area contributed by atoms with Gasteiger partial charge in [-0.05, 0) is 74.1 Å². The van der Waals surface area contributed by atoms with E-state index in [4.69, 9.17) is 0 Å². The van der Waals surface area contributed by atoms with E-state index in [-0.39, 0.29) is 5.82 Å². The van der Waals surface area contributed by atoms with Gasteiger partial charge in [0.2, 0.25) is 0 Å². The Morgan fingerprint density at radius 2 is 1.76 bits per heavy atom. The molecule has 21 heavy (non-hydrogen) atoms. The van der Waals surface area contributed by atoms with Gasteiger partial charge >= 0.3 is 0 Å². The highest BCUT2D eigenvalue weighted by Gasteiger charge is 2.29. The topological polar surface area (TPSA) is 12.0 Å². The lowest BCUT2D eigenvalue weighted by molar-refractivity contribution is 0.190. The van der Waals surface area contributed by atoms with E-state index in [2.05, 4.69) is 32.2 Å². The molecular weight excluding hydrogens is 261 g/mol. The molecule has 1 N–H and O–H groups in total. The molecule has 0 aliphatic heterocycles. The standard InChI is InChI=1S/C19H30FN/c1-5-21-19(17-7-6-14(4)18(20)12-17)16-10-8-15(9-11-16)13(2)3/h6-7,12-13,15-16,19,21H,5,8-11H2,1-4H3. The highest BCUT2D eigenvalue weighted by atomic mass is 19.1. The van der Waals surface area contributed by atoms with Crippen molar-refractivity contribution in [3.05, 3.63) is 35.1 Å². The van der Waals surface area contributed by atoms with Crippen LogP contribution in [0.5, 0.6) is 0 Å². The Kier molecular flexibility index (Phi) is 5.80. The third-order valence-corrected chi connectivity index (χ3v) is 5.21. The van der Waals surface area contributed by atoms with Crippen molar-refractivity contribution in [3.8, 4) is 0 Å². The molecule has 0 radical (unpaired) electrons. The van der Waals surface area contributed by atoms with E-state index in [1.807, 2.05) is 13.0 Å². The highest BCUT2D eigenvalue weighted by molar-refractivity contribution is 5.26. The Morgan fingerprint density at radius 1 is 1.14 bits per heavy atom. The Hall–Kier alpha value is -0.890. The molecule has 1 aliphatic carbocycles. The van der Waals surface area contributed by atoms with Crippen LogP contribution in [0.15, 0.2) is 18.2 Å². The third kappa shape index (κ3) is 4.06. The van der Waals surface area contributed by atoms with E-state index in [0.717, 1.165) is 29.5 Å². The number of nitrogens with one attached hydrogen (secondary N) is 1. The summed E-state index contributed by atoms with van der Waals surface area (Å²) >= 11 is 0. The molecule has 0 saturated heterocycles. The van der Waals surface area contributed by atoms with Crippen molar-refractivity contribution in [1.82, 2.24) is 5.32 Å². The molecule has 2 rings (SSSR count). The molecule has 0 heterocycles. The minimum absolute atomic E-state index is 0.0775. The number of hydrogen-bond acceptors (Lipinski definition) is 1. The van der Waals surface area contributed by atoms with E-state index in [1.54, 1.807) is 6.07 Å². The minimum Gasteiger partial charge on any atom is -0.310 e. The Bertz CT molecular complexity index is 447. The first-order chi connectivity index (χ1) is 10.0. The van der Waals surface area contributed by atoms with Crippen molar-refractivity contribution in [3.63, 3.8) is 0 Å². The lowest BCUT2D eigenvalue weighted by Gasteiger charge is -2.36. The van der Waals surface area contributed by atoms with Crippen LogP contribution in [0.25, 0.3) is 0 Å². The Balaban J connectivity index is 2.10. The number of halogens is 1. The Labute approximate surface area is 129 Å². The van der Waals surface area contributed by atoms with E-state index in [9.17, 15) is 4.39 Å². The van der Waals surface area contributed by atoms with Crippen LogP contribution in [0.3, 0.4) is 0 Å². The van der Waals surface area contributed by atoms with E-state index >= 15 is 0 Å². The van der Waals surface area contributed by atoms with Crippen LogP contribution in [-0.4, -0.2) is 6.54 Å². The molecule has 1 fully saturated rings. The van der Waals surface area contributed by atoms with Crippen molar-refractivity contribution in [2.24, 2.45) is 17.8 Å². The first kappa shape index (κ1) is 16.5. The average Bonchev–Trinajstić information content (AvgIpc) is 2.48. The van der Waals surface area contributed by atoms with Gasteiger partial charge in [-0.1, -0.05) is 32.9 Å². The molecule has 1 aromatic carbocycles.